The first kappa shape index (κ1) is 24.1. The van der Waals surface area contributed by atoms with E-state index in [0.29, 0.717) is 30.2 Å². The summed E-state index contributed by atoms with van der Waals surface area (Å²) >= 11 is 0. The van der Waals surface area contributed by atoms with Crippen LogP contribution in [0.2, 0.25) is 0 Å². The third-order valence-corrected chi connectivity index (χ3v) is 7.81. The van der Waals surface area contributed by atoms with Gasteiger partial charge >= 0.3 is 0 Å². The van der Waals surface area contributed by atoms with Gasteiger partial charge in [0.2, 0.25) is 0 Å². The summed E-state index contributed by atoms with van der Waals surface area (Å²) in [5.74, 6) is 2.21. The topological polar surface area (TPSA) is 65.1 Å². The van der Waals surface area contributed by atoms with Gasteiger partial charge in [0.15, 0.2) is 11.5 Å². The molecule has 2 aromatic heterocycles. The number of ether oxygens (including phenoxy) is 2. The Morgan fingerprint density at radius 2 is 1.60 bits per heavy atom. The van der Waals surface area contributed by atoms with Crippen molar-refractivity contribution in [2.24, 2.45) is 0 Å². The van der Waals surface area contributed by atoms with E-state index in [1.807, 2.05) is 71.6 Å². The summed E-state index contributed by atoms with van der Waals surface area (Å²) in [5.41, 5.74) is 6.75. The molecule has 1 aliphatic rings. The Balaban J connectivity index is 1.25. The van der Waals surface area contributed by atoms with Gasteiger partial charge in [-0.05, 0) is 76.3 Å². The number of carbonyl (C=O) groups is 1. The van der Waals surface area contributed by atoms with Crippen molar-refractivity contribution >= 4 is 27.6 Å². The number of amides is 1. The Morgan fingerprint density at radius 3 is 2.38 bits per heavy atom. The van der Waals surface area contributed by atoms with Crippen LogP contribution in [0.5, 0.6) is 11.5 Å². The molecule has 3 heterocycles. The third kappa shape index (κ3) is 3.92. The highest BCUT2D eigenvalue weighted by atomic mass is 16.5. The van der Waals surface area contributed by atoms with Gasteiger partial charge in [0.1, 0.15) is 11.3 Å². The summed E-state index contributed by atoms with van der Waals surface area (Å²) in [5, 5.41) is 3.04. The number of furan rings is 2. The zero-order chi connectivity index (χ0) is 27.2. The first-order chi connectivity index (χ1) is 19.6. The zero-order valence-corrected chi connectivity index (χ0v) is 22.3. The maximum atomic E-state index is 13.6. The van der Waals surface area contributed by atoms with Crippen molar-refractivity contribution in [3.63, 3.8) is 0 Å². The molecule has 0 N–H and O–H groups in total. The molecular weight excluding hydrogens is 502 g/mol. The summed E-state index contributed by atoms with van der Waals surface area (Å²) < 4.78 is 22.7. The minimum atomic E-state index is 0.0120. The molecule has 0 unspecified atom stereocenters. The summed E-state index contributed by atoms with van der Waals surface area (Å²) in [6, 6.07) is 25.9. The lowest BCUT2D eigenvalue weighted by Gasteiger charge is -2.30. The molecule has 1 amide bonds. The van der Waals surface area contributed by atoms with Crippen LogP contribution in [0, 0.1) is 0 Å². The van der Waals surface area contributed by atoms with Gasteiger partial charge in [0, 0.05) is 35.2 Å². The summed E-state index contributed by atoms with van der Waals surface area (Å²) in [7, 11) is 3.27. The van der Waals surface area contributed by atoms with Crippen LogP contribution in [0.4, 0.5) is 0 Å². The Morgan fingerprint density at radius 1 is 0.800 bits per heavy atom. The lowest BCUT2D eigenvalue weighted by molar-refractivity contribution is 0.0734. The smallest absolute Gasteiger partial charge is 0.254 e. The second-order valence-corrected chi connectivity index (χ2v) is 10.00. The maximum Gasteiger partial charge on any atom is 0.254 e. The van der Waals surface area contributed by atoms with Gasteiger partial charge in [-0.25, -0.2) is 0 Å². The third-order valence-electron chi connectivity index (χ3n) is 7.81. The van der Waals surface area contributed by atoms with Crippen molar-refractivity contribution in [2.45, 2.75) is 13.0 Å². The van der Waals surface area contributed by atoms with Crippen molar-refractivity contribution in [2.75, 3.05) is 20.8 Å². The van der Waals surface area contributed by atoms with Gasteiger partial charge in [-0.15, -0.1) is 0 Å². The van der Waals surface area contributed by atoms with E-state index in [2.05, 4.69) is 12.1 Å². The summed E-state index contributed by atoms with van der Waals surface area (Å²) in [6.07, 6.45) is 4.25. The van der Waals surface area contributed by atoms with Crippen molar-refractivity contribution in [1.82, 2.24) is 4.90 Å². The molecule has 0 atom stereocenters. The molecule has 7 rings (SSSR count). The highest BCUT2D eigenvalue weighted by Gasteiger charge is 2.24. The lowest BCUT2D eigenvalue weighted by atomic mass is 9.94. The van der Waals surface area contributed by atoms with E-state index in [4.69, 9.17) is 18.3 Å². The first-order valence-electron chi connectivity index (χ1n) is 13.2. The fourth-order valence-electron chi connectivity index (χ4n) is 5.80. The predicted molar refractivity (Wildman–Crippen MR) is 155 cm³/mol. The number of rotatable bonds is 5. The zero-order valence-electron chi connectivity index (χ0n) is 22.3. The van der Waals surface area contributed by atoms with E-state index in [0.717, 1.165) is 56.2 Å². The van der Waals surface area contributed by atoms with Crippen LogP contribution >= 0.6 is 0 Å². The van der Waals surface area contributed by atoms with Gasteiger partial charge < -0.3 is 23.2 Å². The molecule has 0 saturated heterocycles. The molecule has 0 fully saturated rings. The molecule has 198 valence electrons. The minimum absolute atomic E-state index is 0.0120. The van der Waals surface area contributed by atoms with Crippen LogP contribution in [0.25, 0.3) is 44.2 Å². The average molecular weight is 530 g/mol. The van der Waals surface area contributed by atoms with Crippen molar-refractivity contribution in [3.8, 4) is 33.9 Å². The number of benzene rings is 4. The Hall–Kier alpha value is -4.97. The summed E-state index contributed by atoms with van der Waals surface area (Å²) in [4.78, 5) is 15.5. The summed E-state index contributed by atoms with van der Waals surface area (Å²) in [6.45, 7) is 1.18. The second kappa shape index (κ2) is 9.65. The van der Waals surface area contributed by atoms with E-state index in [1.54, 1.807) is 26.7 Å². The minimum Gasteiger partial charge on any atom is -0.493 e. The largest absolute Gasteiger partial charge is 0.493 e. The average Bonchev–Trinajstić information content (AvgIpc) is 3.70. The van der Waals surface area contributed by atoms with Gasteiger partial charge in [0.25, 0.3) is 5.91 Å². The predicted octanol–water partition coefficient (Wildman–Crippen LogP) is 7.73. The van der Waals surface area contributed by atoms with Gasteiger partial charge in [-0.1, -0.05) is 36.4 Å². The van der Waals surface area contributed by atoms with Crippen molar-refractivity contribution in [1.29, 1.82) is 0 Å². The number of hydrogen-bond donors (Lipinski definition) is 0. The molecule has 6 heteroatoms. The Bertz CT molecular complexity index is 1880. The molecule has 0 spiro atoms. The number of methoxy groups -OCH3 is 2. The number of carbonyl (C=O) groups excluding carboxylic acids is 1. The second-order valence-electron chi connectivity index (χ2n) is 10.00. The highest BCUT2D eigenvalue weighted by molar-refractivity contribution is 6.15. The maximum absolute atomic E-state index is 13.6. The quantitative estimate of drug-likeness (QED) is 0.229. The first-order valence-corrected chi connectivity index (χ1v) is 13.2. The molecule has 40 heavy (non-hydrogen) atoms. The van der Waals surface area contributed by atoms with E-state index in [1.165, 1.54) is 5.56 Å². The Labute approximate surface area is 231 Å². The number of fused-ring (bicyclic) bond motifs is 4. The molecule has 0 radical (unpaired) electrons. The van der Waals surface area contributed by atoms with Gasteiger partial charge in [-0.2, -0.15) is 0 Å². The SMILES string of the molecule is COc1cc2c(cc1OC)CN(C(=O)c1ccc3c(ccc4occ(-c5ccccc5-c5ccco5)c43)c1)CC2. The van der Waals surface area contributed by atoms with Gasteiger partial charge in [0.05, 0.1) is 26.7 Å². The van der Waals surface area contributed by atoms with Crippen LogP contribution in [-0.2, 0) is 13.0 Å². The van der Waals surface area contributed by atoms with E-state index < -0.39 is 0 Å². The van der Waals surface area contributed by atoms with Crippen molar-refractivity contribution in [3.05, 3.63) is 108 Å². The molecule has 6 nitrogen and oxygen atoms in total. The molecule has 0 aliphatic carbocycles. The van der Waals surface area contributed by atoms with Crippen LogP contribution in [0.1, 0.15) is 21.5 Å². The fourth-order valence-corrected chi connectivity index (χ4v) is 5.80. The van der Waals surface area contributed by atoms with Crippen LogP contribution < -0.4 is 9.47 Å². The number of nitrogens with zero attached hydrogens (tertiary/aromatic N) is 1. The lowest BCUT2D eigenvalue weighted by Crippen LogP contribution is -2.36. The standard InChI is InChI=1S/C34H27NO5/c1-37-31-17-21-13-14-35(19-24(21)18-32(31)38-2)34(36)23-9-11-25-22(16-23)10-12-30-33(25)28(20-40-30)26-6-3-4-7-27(26)29-8-5-15-39-29/h3-12,15-18,20H,13-14,19H2,1-2H3. The van der Waals surface area contributed by atoms with Crippen molar-refractivity contribution < 1.29 is 23.1 Å². The molecule has 6 aromatic rings. The Kier molecular flexibility index (Phi) is 5.81. The van der Waals surface area contributed by atoms with Crippen LogP contribution in [0.3, 0.4) is 0 Å². The molecule has 0 saturated carbocycles. The van der Waals surface area contributed by atoms with E-state index >= 15 is 0 Å². The molecule has 4 aromatic carbocycles. The van der Waals surface area contributed by atoms with Gasteiger partial charge in [-0.3, -0.25) is 4.79 Å². The van der Waals surface area contributed by atoms with E-state index in [-0.39, 0.29) is 5.91 Å². The highest BCUT2D eigenvalue weighted by Crippen LogP contribution is 2.41. The normalized spacial score (nSPS) is 13.0. The van der Waals surface area contributed by atoms with Crippen LogP contribution in [-0.4, -0.2) is 31.6 Å². The fraction of sp³-hybridized carbons (Fsp3) is 0.147. The number of hydrogen-bond acceptors (Lipinski definition) is 5. The molecule has 1 aliphatic heterocycles. The molecular formula is C34H27NO5. The van der Waals surface area contributed by atoms with Crippen LogP contribution in [0.15, 0.2) is 100 Å². The molecule has 0 bridgehead atoms. The van der Waals surface area contributed by atoms with E-state index in [9.17, 15) is 4.79 Å². The monoisotopic (exact) mass is 529 g/mol.